The predicted molar refractivity (Wildman–Crippen MR) is 162 cm³/mol. The molecule has 0 heterocycles. The van der Waals surface area contributed by atoms with Gasteiger partial charge in [0.15, 0.2) is 0 Å². The van der Waals surface area contributed by atoms with Gasteiger partial charge in [-0.05, 0) is 67.3 Å². The van der Waals surface area contributed by atoms with Crippen molar-refractivity contribution in [3.63, 3.8) is 0 Å². The molecule has 0 bridgehead atoms. The van der Waals surface area contributed by atoms with E-state index < -0.39 is 35.6 Å². The summed E-state index contributed by atoms with van der Waals surface area (Å²) in [5.74, 6) is -2.72. The van der Waals surface area contributed by atoms with Crippen molar-refractivity contribution in [1.82, 2.24) is 10.2 Å². The largest absolute Gasteiger partial charge is 0.497 e. The number of nitrogens with one attached hydrogen (secondary N) is 1. The summed E-state index contributed by atoms with van der Waals surface area (Å²) in [5, 5.41) is 15.8. The van der Waals surface area contributed by atoms with Crippen LogP contribution < -0.4 is 21.1 Å². The van der Waals surface area contributed by atoms with Crippen molar-refractivity contribution in [1.29, 1.82) is 0 Å². The standard InChI is InChI=1S/C33H40F2N4O5/c1-4-9-39(10-5-2)33(43)25-16-23(31(36)41)15-24(17-25)32(42)38-29(14-22-11-26(34)18-27(35)12-22)30(40)20-37-19-21-7-6-8-28(13-21)44-3/h6-8,11-13,15-18,29-30,37,40H,4-5,9-10,14,19-20H2,1-3H3,(H2,36,41)(H,38,42)/p+1/t29-,30+/m0/s1. The van der Waals surface area contributed by atoms with Gasteiger partial charge in [-0.25, -0.2) is 8.78 Å². The van der Waals surface area contributed by atoms with Gasteiger partial charge in [-0.15, -0.1) is 0 Å². The Bertz CT molecular complexity index is 1430. The fraction of sp³-hybridized carbons (Fsp3) is 0.364. The number of aliphatic hydroxyl groups is 1. The Morgan fingerprint density at radius 3 is 2.18 bits per heavy atom. The SMILES string of the molecule is CCCN(CCC)C(=O)c1cc(C(N)=O)cc(C(=O)N[C@@H](Cc2cc(F)cc(F)c2)[C@H](O)C[NH2+]Cc2cccc(OC)c2)c1. The summed E-state index contributed by atoms with van der Waals surface area (Å²) in [4.78, 5) is 40.6. The van der Waals surface area contributed by atoms with E-state index in [-0.39, 0.29) is 41.1 Å². The van der Waals surface area contributed by atoms with E-state index in [2.05, 4.69) is 5.32 Å². The van der Waals surface area contributed by atoms with Crippen LogP contribution in [0.5, 0.6) is 5.75 Å². The Balaban J connectivity index is 1.87. The van der Waals surface area contributed by atoms with Crippen molar-refractivity contribution >= 4 is 17.7 Å². The van der Waals surface area contributed by atoms with E-state index in [9.17, 15) is 28.3 Å². The van der Waals surface area contributed by atoms with Gasteiger partial charge in [0, 0.05) is 41.4 Å². The van der Waals surface area contributed by atoms with Crippen LogP contribution in [-0.2, 0) is 13.0 Å². The van der Waals surface area contributed by atoms with Crippen LogP contribution in [0.4, 0.5) is 8.78 Å². The lowest BCUT2D eigenvalue weighted by molar-refractivity contribution is -0.676. The van der Waals surface area contributed by atoms with E-state index >= 15 is 0 Å². The molecule has 0 aliphatic rings. The van der Waals surface area contributed by atoms with E-state index in [4.69, 9.17) is 10.5 Å². The fourth-order valence-corrected chi connectivity index (χ4v) is 4.96. The second-order valence-corrected chi connectivity index (χ2v) is 10.7. The maximum atomic E-state index is 14.0. The maximum absolute atomic E-state index is 14.0. The average Bonchev–Trinajstić information content (AvgIpc) is 2.99. The Hall–Kier alpha value is -4.35. The smallest absolute Gasteiger partial charge is 0.253 e. The number of quaternary nitrogens is 1. The Labute approximate surface area is 256 Å². The Kier molecular flexibility index (Phi) is 12.8. The summed E-state index contributed by atoms with van der Waals surface area (Å²) in [6.07, 6.45) is 0.227. The van der Waals surface area contributed by atoms with E-state index in [1.165, 1.54) is 18.2 Å². The molecule has 44 heavy (non-hydrogen) atoms. The number of ether oxygens (including phenoxy) is 1. The first-order valence-electron chi connectivity index (χ1n) is 14.7. The molecular weight excluding hydrogens is 570 g/mol. The van der Waals surface area contributed by atoms with Crippen LogP contribution in [-0.4, -0.2) is 66.6 Å². The molecule has 0 spiro atoms. The molecule has 3 aromatic rings. The van der Waals surface area contributed by atoms with Crippen LogP contribution in [0.25, 0.3) is 0 Å². The number of primary amides is 1. The first-order chi connectivity index (χ1) is 21.0. The number of amides is 3. The Morgan fingerprint density at radius 2 is 1.57 bits per heavy atom. The zero-order chi connectivity index (χ0) is 32.2. The lowest BCUT2D eigenvalue weighted by atomic mass is 9.99. The minimum Gasteiger partial charge on any atom is -0.497 e. The number of benzene rings is 3. The second-order valence-electron chi connectivity index (χ2n) is 10.7. The number of methoxy groups -OCH3 is 1. The summed E-state index contributed by atoms with van der Waals surface area (Å²) in [5.41, 5.74) is 6.80. The van der Waals surface area contributed by atoms with E-state index in [0.29, 0.717) is 25.4 Å². The molecule has 0 fully saturated rings. The molecule has 3 amide bonds. The van der Waals surface area contributed by atoms with Crippen molar-refractivity contribution in [3.05, 3.63) is 100 Å². The molecule has 3 rings (SSSR count). The summed E-state index contributed by atoms with van der Waals surface area (Å²) < 4.78 is 33.2. The normalized spacial score (nSPS) is 12.3. The van der Waals surface area contributed by atoms with Crippen LogP contribution in [0.1, 0.15) is 68.9 Å². The van der Waals surface area contributed by atoms with Gasteiger partial charge in [-0.2, -0.15) is 0 Å². The lowest BCUT2D eigenvalue weighted by Gasteiger charge is -2.24. The van der Waals surface area contributed by atoms with Gasteiger partial charge in [0.1, 0.15) is 36.6 Å². The van der Waals surface area contributed by atoms with Gasteiger partial charge >= 0.3 is 0 Å². The molecule has 0 aromatic heterocycles. The number of halogens is 2. The van der Waals surface area contributed by atoms with Gasteiger partial charge in [0.05, 0.1) is 13.2 Å². The predicted octanol–water partition coefficient (Wildman–Crippen LogP) is 2.80. The Morgan fingerprint density at radius 1 is 0.932 bits per heavy atom. The summed E-state index contributed by atoms with van der Waals surface area (Å²) in [6.45, 7) is 5.53. The highest BCUT2D eigenvalue weighted by Crippen LogP contribution is 2.17. The molecule has 2 atom stereocenters. The van der Waals surface area contributed by atoms with Crippen LogP contribution >= 0.6 is 0 Å². The molecule has 236 valence electrons. The van der Waals surface area contributed by atoms with Gasteiger partial charge in [0.25, 0.3) is 11.8 Å². The van der Waals surface area contributed by atoms with Crippen LogP contribution in [0.15, 0.2) is 60.7 Å². The molecule has 0 unspecified atom stereocenters. The molecular formula is C33H41F2N4O5+. The average molecular weight is 612 g/mol. The third kappa shape index (κ3) is 9.85. The summed E-state index contributed by atoms with van der Waals surface area (Å²) >= 11 is 0. The van der Waals surface area contributed by atoms with Crippen molar-refractivity contribution in [2.75, 3.05) is 26.7 Å². The highest BCUT2D eigenvalue weighted by molar-refractivity contribution is 6.04. The maximum Gasteiger partial charge on any atom is 0.253 e. The van der Waals surface area contributed by atoms with Gasteiger partial charge < -0.3 is 31.1 Å². The molecule has 11 heteroatoms. The quantitative estimate of drug-likeness (QED) is 0.197. The van der Waals surface area contributed by atoms with E-state index in [0.717, 1.165) is 36.6 Å². The minimum absolute atomic E-state index is 0.0134. The molecule has 0 saturated heterocycles. The topological polar surface area (TPSA) is 139 Å². The van der Waals surface area contributed by atoms with E-state index in [1.807, 2.05) is 43.4 Å². The zero-order valence-electron chi connectivity index (χ0n) is 25.3. The third-order valence-corrected chi connectivity index (χ3v) is 7.08. The summed E-state index contributed by atoms with van der Waals surface area (Å²) in [6, 6.07) is 13.5. The van der Waals surface area contributed by atoms with Crippen molar-refractivity contribution < 1.29 is 38.3 Å². The summed E-state index contributed by atoms with van der Waals surface area (Å²) in [7, 11) is 1.57. The van der Waals surface area contributed by atoms with E-state index in [1.54, 1.807) is 12.0 Å². The van der Waals surface area contributed by atoms with Crippen molar-refractivity contribution in [2.45, 2.75) is 51.8 Å². The molecule has 0 aliphatic heterocycles. The highest BCUT2D eigenvalue weighted by atomic mass is 19.1. The van der Waals surface area contributed by atoms with Crippen LogP contribution in [0.3, 0.4) is 0 Å². The zero-order valence-corrected chi connectivity index (χ0v) is 25.3. The molecule has 0 aliphatic carbocycles. The van der Waals surface area contributed by atoms with Gasteiger partial charge in [0.2, 0.25) is 5.91 Å². The number of aliphatic hydroxyl groups excluding tert-OH is 1. The number of nitrogens with two attached hydrogens (primary N) is 2. The monoisotopic (exact) mass is 611 g/mol. The van der Waals surface area contributed by atoms with Crippen LogP contribution in [0, 0.1) is 11.6 Å². The number of rotatable bonds is 16. The fourth-order valence-electron chi connectivity index (χ4n) is 4.96. The molecule has 3 aromatic carbocycles. The van der Waals surface area contributed by atoms with Gasteiger partial charge in [-0.1, -0.05) is 26.0 Å². The van der Waals surface area contributed by atoms with Crippen molar-refractivity contribution in [3.8, 4) is 5.75 Å². The number of nitrogens with zero attached hydrogens (tertiary/aromatic N) is 1. The number of carbonyl (C=O) groups is 3. The lowest BCUT2D eigenvalue weighted by Crippen LogP contribution is -2.85. The number of hydrogen-bond donors (Lipinski definition) is 4. The first-order valence-corrected chi connectivity index (χ1v) is 14.7. The molecule has 9 nitrogen and oxygen atoms in total. The minimum atomic E-state index is -1.14. The number of hydrogen-bond acceptors (Lipinski definition) is 5. The van der Waals surface area contributed by atoms with Crippen LogP contribution in [0.2, 0.25) is 0 Å². The molecule has 6 N–H and O–H groups in total. The highest BCUT2D eigenvalue weighted by Gasteiger charge is 2.26. The molecule has 0 radical (unpaired) electrons. The first kappa shape index (κ1) is 34.1. The molecule has 0 saturated carbocycles. The number of carbonyl (C=O) groups excluding carboxylic acids is 3. The van der Waals surface area contributed by atoms with Gasteiger partial charge in [-0.3, -0.25) is 14.4 Å². The second kappa shape index (κ2) is 16.5. The van der Waals surface area contributed by atoms with Crippen molar-refractivity contribution in [2.24, 2.45) is 5.73 Å². The third-order valence-electron chi connectivity index (χ3n) is 7.08.